The van der Waals surface area contributed by atoms with E-state index in [0.717, 1.165) is 43.0 Å². The summed E-state index contributed by atoms with van der Waals surface area (Å²) in [5, 5.41) is 0. The molecule has 0 saturated carbocycles. The van der Waals surface area contributed by atoms with Crippen molar-refractivity contribution in [3.8, 4) is 11.5 Å². The molecule has 1 unspecified atom stereocenters. The third-order valence-electron chi connectivity index (χ3n) is 4.12. The number of hydrogen-bond donors (Lipinski definition) is 0. The van der Waals surface area contributed by atoms with Gasteiger partial charge in [0.2, 0.25) is 5.91 Å². The zero-order chi connectivity index (χ0) is 17.4. The Balaban J connectivity index is 2.05. The number of ether oxygens (including phenoxy) is 2. The number of nitrogens with zero attached hydrogens (tertiary/aromatic N) is 1. The average Bonchev–Trinajstić information content (AvgIpc) is 2.59. The average molecular weight is 331 g/mol. The Morgan fingerprint density at radius 1 is 1.29 bits per heavy atom. The van der Waals surface area contributed by atoms with Crippen LogP contribution in [0.4, 0.5) is 0 Å². The predicted molar refractivity (Wildman–Crippen MR) is 97.4 cm³/mol. The number of amides is 1. The van der Waals surface area contributed by atoms with E-state index in [1.807, 2.05) is 36.1 Å². The molecule has 0 bridgehead atoms. The third kappa shape index (κ3) is 5.29. The van der Waals surface area contributed by atoms with Gasteiger partial charge >= 0.3 is 0 Å². The van der Waals surface area contributed by atoms with Gasteiger partial charge in [0.25, 0.3) is 0 Å². The van der Waals surface area contributed by atoms with E-state index in [-0.39, 0.29) is 5.91 Å². The fourth-order valence-electron chi connectivity index (χ4n) is 2.89. The molecule has 1 fully saturated rings. The molecule has 0 spiro atoms. The zero-order valence-corrected chi connectivity index (χ0v) is 15.1. The molecule has 0 N–H and O–H groups in total. The SMILES string of the molecule is CCCOc1ccc(/C=C/C(=O)N2CCCC(C)C2)cc1OCC. The van der Waals surface area contributed by atoms with E-state index in [1.165, 1.54) is 6.42 Å². The summed E-state index contributed by atoms with van der Waals surface area (Å²) < 4.78 is 11.4. The van der Waals surface area contributed by atoms with Gasteiger partial charge in [0.1, 0.15) is 0 Å². The highest BCUT2D eigenvalue weighted by Gasteiger charge is 2.18. The molecular weight excluding hydrogens is 302 g/mol. The monoisotopic (exact) mass is 331 g/mol. The molecule has 0 aromatic heterocycles. The number of piperidine rings is 1. The van der Waals surface area contributed by atoms with Crippen molar-refractivity contribution in [2.75, 3.05) is 26.3 Å². The van der Waals surface area contributed by atoms with Crippen LogP contribution in [-0.4, -0.2) is 37.1 Å². The number of rotatable bonds is 7. The van der Waals surface area contributed by atoms with Crippen molar-refractivity contribution >= 4 is 12.0 Å². The van der Waals surface area contributed by atoms with Crippen LogP contribution in [0, 0.1) is 5.92 Å². The maximum absolute atomic E-state index is 12.3. The Labute approximate surface area is 145 Å². The lowest BCUT2D eigenvalue weighted by atomic mass is 10.0. The summed E-state index contributed by atoms with van der Waals surface area (Å²) >= 11 is 0. The lowest BCUT2D eigenvalue weighted by Gasteiger charge is -2.30. The minimum Gasteiger partial charge on any atom is -0.490 e. The van der Waals surface area contributed by atoms with Crippen LogP contribution in [-0.2, 0) is 4.79 Å². The number of carbonyl (C=O) groups is 1. The number of likely N-dealkylation sites (tertiary alicyclic amines) is 1. The molecule has 1 aliphatic rings. The molecule has 1 aromatic carbocycles. The highest BCUT2D eigenvalue weighted by atomic mass is 16.5. The van der Waals surface area contributed by atoms with Gasteiger partial charge in [-0.3, -0.25) is 4.79 Å². The summed E-state index contributed by atoms with van der Waals surface area (Å²) in [5.41, 5.74) is 0.945. The molecule has 1 atom stereocenters. The van der Waals surface area contributed by atoms with Gasteiger partial charge in [0.05, 0.1) is 13.2 Å². The van der Waals surface area contributed by atoms with Gasteiger partial charge in [-0.05, 0) is 55.9 Å². The van der Waals surface area contributed by atoms with E-state index < -0.39 is 0 Å². The van der Waals surface area contributed by atoms with Crippen LogP contribution in [0.3, 0.4) is 0 Å². The van der Waals surface area contributed by atoms with Crippen LogP contribution in [0.2, 0.25) is 0 Å². The van der Waals surface area contributed by atoms with Gasteiger partial charge in [-0.1, -0.05) is 19.9 Å². The molecule has 0 aliphatic carbocycles. The summed E-state index contributed by atoms with van der Waals surface area (Å²) in [6, 6.07) is 5.79. The van der Waals surface area contributed by atoms with Crippen LogP contribution in [0.1, 0.15) is 45.6 Å². The minimum absolute atomic E-state index is 0.0887. The van der Waals surface area contributed by atoms with Gasteiger partial charge in [-0.2, -0.15) is 0 Å². The van der Waals surface area contributed by atoms with Crippen molar-refractivity contribution in [1.82, 2.24) is 4.90 Å². The Hall–Kier alpha value is -1.97. The van der Waals surface area contributed by atoms with Crippen molar-refractivity contribution in [2.45, 2.75) is 40.0 Å². The first-order chi connectivity index (χ1) is 11.6. The van der Waals surface area contributed by atoms with Crippen LogP contribution in [0.25, 0.3) is 6.08 Å². The third-order valence-corrected chi connectivity index (χ3v) is 4.12. The van der Waals surface area contributed by atoms with Crippen molar-refractivity contribution in [3.05, 3.63) is 29.8 Å². The van der Waals surface area contributed by atoms with E-state index in [9.17, 15) is 4.79 Å². The zero-order valence-electron chi connectivity index (χ0n) is 15.1. The highest BCUT2D eigenvalue weighted by Crippen LogP contribution is 2.29. The van der Waals surface area contributed by atoms with Gasteiger partial charge in [0.15, 0.2) is 11.5 Å². The van der Waals surface area contributed by atoms with Crippen LogP contribution in [0.15, 0.2) is 24.3 Å². The fourth-order valence-corrected chi connectivity index (χ4v) is 2.89. The van der Waals surface area contributed by atoms with Crippen molar-refractivity contribution in [1.29, 1.82) is 0 Å². The number of carbonyl (C=O) groups excluding carboxylic acids is 1. The van der Waals surface area contributed by atoms with Crippen LogP contribution < -0.4 is 9.47 Å². The van der Waals surface area contributed by atoms with Gasteiger partial charge < -0.3 is 14.4 Å². The van der Waals surface area contributed by atoms with Crippen molar-refractivity contribution in [2.24, 2.45) is 5.92 Å². The molecule has 4 nitrogen and oxygen atoms in total. The second-order valence-electron chi connectivity index (χ2n) is 6.35. The van der Waals surface area contributed by atoms with Gasteiger partial charge in [0, 0.05) is 19.2 Å². The van der Waals surface area contributed by atoms with Crippen LogP contribution >= 0.6 is 0 Å². The Morgan fingerprint density at radius 3 is 2.83 bits per heavy atom. The first-order valence-corrected chi connectivity index (χ1v) is 9.00. The second-order valence-corrected chi connectivity index (χ2v) is 6.35. The van der Waals surface area contributed by atoms with Crippen molar-refractivity contribution in [3.63, 3.8) is 0 Å². The van der Waals surface area contributed by atoms with E-state index in [0.29, 0.717) is 19.1 Å². The lowest BCUT2D eigenvalue weighted by molar-refractivity contribution is -0.127. The summed E-state index contributed by atoms with van der Waals surface area (Å²) in [7, 11) is 0. The number of hydrogen-bond acceptors (Lipinski definition) is 3. The quantitative estimate of drug-likeness (QED) is 0.705. The number of benzene rings is 1. The Morgan fingerprint density at radius 2 is 2.12 bits per heavy atom. The topological polar surface area (TPSA) is 38.8 Å². The fraction of sp³-hybridized carbons (Fsp3) is 0.550. The molecule has 1 amide bonds. The van der Waals surface area contributed by atoms with E-state index in [1.54, 1.807) is 6.08 Å². The molecular formula is C20H29NO3. The maximum atomic E-state index is 12.3. The lowest BCUT2D eigenvalue weighted by Crippen LogP contribution is -2.38. The summed E-state index contributed by atoms with van der Waals surface area (Å²) in [6.45, 7) is 9.20. The first kappa shape index (κ1) is 18.4. The molecule has 1 saturated heterocycles. The summed E-state index contributed by atoms with van der Waals surface area (Å²) in [5.74, 6) is 2.17. The molecule has 2 rings (SSSR count). The normalized spacial score (nSPS) is 18.0. The molecule has 132 valence electrons. The smallest absolute Gasteiger partial charge is 0.246 e. The largest absolute Gasteiger partial charge is 0.490 e. The minimum atomic E-state index is 0.0887. The second kappa shape index (κ2) is 9.36. The summed E-state index contributed by atoms with van der Waals surface area (Å²) in [6.07, 6.45) is 6.78. The van der Waals surface area contributed by atoms with E-state index in [2.05, 4.69) is 13.8 Å². The first-order valence-electron chi connectivity index (χ1n) is 9.00. The van der Waals surface area contributed by atoms with Crippen LogP contribution in [0.5, 0.6) is 11.5 Å². The standard InChI is InChI=1S/C20H29NO3/c1-4-13-24-18-10-8-17(14-19(18)23-5-2)9-11-20(22)21-12-6-7-16(3)15-21/h8-11,14,16H,4-7,12-13,15H2,1-3H3/b11-9+. The van der Waals surface area contributed by atoms with Crippen molar-refractivity contribution < 1.29 is 14.3 Å². The molecule has 0 radical (unpaired) electrons. The highest BCUT2D eigenvalue weighted by molar-refractivity contribution is 5.91. The Bertz CT molecular complexity index is 568. The predicted octanol–water partition coefficient (Wildman–Crippen LogP) is 4.15. The summed E-state index contributed by atoms with van der Waals surface area (Å²) in [4.78, 5) is 14.3. The maximum Gasteiger partial charge on any atom is 0.246 e. The van der Waals surface area contributed by atoms with Gasteiger partial charge in [-0.15, -0.1) is 0 Å². The van der Waals surface area contributed by atoms with E-state index >= 15 is 0 Å². The molecule has 24 heavy (non-hydrogen) atoms. The Kier molecular flexibility index (Phi) is 7.16. The molecule has 1 heterocycles. The molecule has 4 heteroatoms. The van der Waals surface area contributed by atoms with E-state index in [4.69, 9.17) is 9.47 Å². The molecule has 1 aromatic rings. The van der Waals surface area contributed by atoms with Gasteiger partial charge in [-0.25, -0.2) is 0 Å². The molecule has 1 aliphatic heterocycles.